The lowest BCUT2D eigenvalue weighted by molar-refractivity contribution is 0.398. The molecule has 1 fully saturated rings. The molecule has 3 heterocycles. The number of anilines is 1. The van der Waals surface area contributed by atoms with Crippen LogP contribution in [0.25, 0.3) is 11.4 Å². The number of ether oxygens (including phenoxy) is 1. The van der Waals surface area contributed by atoms with E-state index in [1.165, 1.54) is 19.3 Å². The first-order valence-corrected chi connectivity index (χ1v) is 6.94. The summed E-state index contributed by atoms with van der Waals surface area (Å²) in [7, 11) is 3.55. The molecule has 1 saturated heterocycles. The van der Waals surface area contributed by atoms with E-state index >= 15 is 0 Å². The third kappa shape index (κ3) is 2.45. The first-order chi connectivity index (χ1) is 9.78. The van der Waals surface area contributed by atoms with Crippen molar-refractivity contribution in [2.45, 2.75) is 19.3 Å². The summed E-state index contributed by atoms with van der Waals surface area (Å²) < 4.78 is 6.92. The van der Waals surface area contributed by atoms with Crippen molar-refractivity contribution in [1.82, 2.24) is 19.7 Å². The zero-order valence-electron chi connectivity index (χ0n) is 11.9. The van der Waals surface area contributed by atoms with Gasteiger partial charge in [-0.05, 0) is 25.3 Å². The highest BCUT2D eigenvalue weighted by Gasteiger charge is 2.18. The van der Waals surface area contributed by atoms with Gasteiger partial charge in [-0.2, -0.15) is 4.98 Å². The van der Waals surface area contributed by atoms with Gasteiger partial charge in [0, 0.05) is 38.0 Å². The highest BCUT2D eigenvalue weighted by molar-refractivity contribution is 5.55. The van der Waals surface area contributed by atoms with E-state index in [2.05, 4.69) is 20.0 Å². The summed E-state index contributed by atoms with van der Waals surface area (Å²) in [5.74, 6) is 2.25. The van der Waals surface area contributed by atoms with Gasteiger partial charge in [-0.3, -0.25) is 0 Å². The lowest BCUT2D eigenvalue weighted by Crippen LogP contribution is -2.31. The van der Waals surface area contributed by atoms with Crippen LogP contribution in [0.5, 0.6) is 5.88 Å². The minimum absolute atomic E-state index is 0.598. The molecule has 2 aromatic rings. The van der Waals surface area contributed by atoms with Gasteiger partial charge in [-0.25, -0.2) is 9.67 Å². The summed E-state index contributed by atoms with van der Waals surface area (Å²) in [5.41, 5.74) is 0.907. The second-order valence-corrected chi connectivity index (χ2v) is 5.00. The van der Waals surface area contributed by atoms with Gasteiger partial charge in [0.2, 0.25) is 11.8 Å². The minimum atomic E-state index is 0.598. The van der Waals surface area contributed by atoms with E-state index in [1.54, 1.807) is 13.3 Å². The molecule has 1 aliphatic rings. The van der Waals surface area contributed by atoms with E-state index in [4.69, 9.17) is 4.74 Å². The van der Waals surface area contributed by atoms with Crippen molar-refractivity contribution in [2.24, 2.45) is 7.05 Å². The number of aryl methyl sites for hydroxylation is 1. The first-order valence-electron chi connectivity index (χ1n) is 6.94. The second-order valence-electron chi connectivity index (χ2n) is 5.00. The lowest BCUT2D eigenvalue weighted by atomic mass is 10.1. The number of hydrogen-bond acceptors (Lipinski definition) is 5. The highest BCUT2D eigenvalue weighted by atomic mass is 16.5. The van der Waals surface area contributed by atoms with Crippen LogP contribution in [-0.4, -0.2) is 39.9 Å². The van der Waals surface area contributed by atoms with E-state index in [-0.39, 0.29) is 0 Å². The van der Waals surface area contributed by atoms with Gasteiger partial charge >= 0.3 is 0 Å². The lowest BCUT2D eigenvalue weighted by Gasteiger charge is -2.26. The van der Waals surface area contributed by atoms with Crippen molar-refractivity contribution in [2.75, 3.05) is 25.1 Å². The Labute approximate surface area is 118 Å². The molecular weight excluding hydrogens is 254 g/mol. The standard InChI is InChI=1S/C14H19N5O/c1-18-14(19-8-4-3-5-9-19)16-13(17-18)11-6-7-12(20-2)15-10-11/h6-7,10H,3-5,8-9H2,1-2H3. The van der Waals surface area contributed by atoms with Crippen LogP contribution < -0.4 is 9.64 Å². The van der Waals surface area contributed by atoms with Crippen molar-refractivity contribution in [3.8, 4) is 17.3 Å². The average molecular weight is 273 g/mol. The van der Waals surface area contributed by atoms with Crippen LogP contribution in [0.15, 0.2) is 18.3 Å². The Bertz CT molecular complexity index is 572. The number of methoxy groups -OCH3 is 1. The monoisotopic (exact) mass is 273 g/mol. The molecule has 3 rings (SSSR count). The molecule has 0 radical (unpaired) electrons. The Morgan fingerprint density at radius 1 is 1.15 bits per heavy atom. The molecule has 0 unspecified atom stereocenters. The summed E-state index contributed by atoms with van der Waals surface area (Å²) in [6.45, 7) is 2.12. The van der Waals surface area contributed by atoms with Crippen LogP contribution in [0.4, 0.5) is 5.95 Å². The molecule has 0 aromatic carbocycles. The van der Waals surface area contributed by atoms with E-state index < -0.39 is 0 Å². The number of rotatable bonds is 3. The Kier molecular flexibility index (Phi) is 3.54. The zero-order valence-corrected chi connectivity index (χ0v) is 11.9. The third-order valence-corrected chi connectivity index (χ3v) is 3.58. The maximum absolute atomic E-state index is 5.06. The summed E-state index contributed by atoms with van der Waals surface area (Å²) >= 11 is 0. The number of hydrogen-bond donors (Lipinski definition) is 0. The van der Waals surface area contributed by atoms with Crippen molar-refractivity contribution in [1.29, 1.82) is 0 Å². The Hall–Kier alpha value is -2.11. The fraction of sp³-hybridized carbons (Fsp3) is 0.500. The van der Waals surface area contributed by atoms with E-state index in [0.29, 0.717) is 11.7 Å². The number of aromatic nitrogens is 4. The number of nitrogens with zero attached hydrogens (tertiary/aromatic N) is 5. The van der Waals surface area contributed by atoms with Gasteiger partial charge in [0.05, 0.1) is 7.11 Å². The van der Waals surface area contributed by atoms with Gasteiger partial charge in [0.1, 0.15) is 0 Å². The van der Waals surface area contributed by atoms with E-state index in [1.807, 2.05) is 23.9 Å². The summed E-state index contributed by atoms with van der Waals surface area (Å²) in [5, 5.41) is 4.49. The smallest absolute Gasteiger partial charge is 0.224 e. The topological polar surface area (TPSA) is 56.1 Å². The summed E-state index contributed by atoms with van der Waals surface area (Å²) in [6.07, 6.45) is 5.51. The van der Waals surface area contributed by atoms with Crippen molar-refractivity contribution in [3.63, 3.8) is 0 Å². The van der Waals surface area contributed by atoms with Crippen LogP contribution in [0, 0.1) is 0 Å². The Morgan fingerprint density at radius 2 is 1.95 bits per heavy atom. The van der Waals surface area contributed by atoms with E-state index in [0.717, 1.165) is 24.6 Å². The predicted molar refractivity (Wildman–Crippen MR) is 76.9 cm³/mol. The van der Waals surface area contributed by atoms with Crippen LogP contribution >= 0.6 is 0 Å². The molecule has 0 atom stereocenters. The Balaban J connectivity index is 1.86. The number of pyridine rings is 1. The molecule has 0 bridgehead atoms. The SMILES string of the molecule is COc1ccc(-c2nc(N3CCCCC3)n(C)n2)cn1. The third-order valence-electron chi connectivity index (χ3n) is 3.58. The molecule has 0 aliphatic carbocycles. The summed E-state index contributed by atoms with van der Waals surface area (Å²) in [6, 6.07) is 3.76. The fourth-order valence-electron chi connectivity index (χ4n) is 2.50. The van der Waals surface area contributed by atoms with Crippen molar-refractivity contribution >= 4 is 5.95 Å². The molecule has 6 heteroatoms. The molecule has 0 saturated carbocycles. The first kappa shape index (κ1) is 12.9. The second kappa shape index (κ2) is 5.48. The minimum Gasteiger partial charge on any atom is -0.481 e. The van der Waals surface area contributed by atoms with E-state index in [9.17, 15) is 0 Å². The molecule has 0 spiro atoms. The molecule has 6 nitrogen and oxygen atoms in total. The number of piperidine rings is 1. The molecule has 2 aromatic heterocycles. The largest absolute Gasteiger partial charge is 0.481 e. The molecule has 1 aliphatic heterocycles. The molecule has 20 heavy (non-hydrogen) atoms. The van der Waals surface area contributed by atoms with Crippen LogP contribution in [0.1, 0.15) is 19.3 Å². The predicted octanol–water partition coefficient (Wildman–Crippen LogP) is 1.88. The average Bonchev–Trinajstić information content (AvgIpc) is 2.90. The molecule has 0 N–H and O–H groups in total. The Morgan fingerprint density at radius 3 is 2.60 bits per heavy atom. The highest BCUT2D eigenvalue weighted by Crippen LogP contribution is 2.22. The van der Waals surface area contributed by atoms with Crippen molar-refractivity contribution in [3.05, 3.63) is 18.3 Å². The normalized spacial score (nSPS) is 15.4. The summed E-state index contributed by atoms with van der Waals surface area (Å²) in [4.78, 5) is 11.2. The zero-order chi connectivity index (χ0) is 13.9. The maximum atomic E-state index is 5.06. The quantitative estimate of drug-likeness (QED) is 0.854. The van der Waals surface area contributed by atoms with Gasteiger partial charge < -0.3 is 9.64 Å². The molecule has 0 amide bonds. The molecule has 106 valence electrons. The fourth-order valence-corrected chi connectivity index (χ4v) is 2.50. The van der Waals surface area contributed by atoms with Gasteiger partial charge in [0.15, 0.2) is 5.82 Å². The van der Waals surface area contributed by atoms with Crippen LogP contribution in [0.2, 0.25) is 0 Å². The molecular formula is C14H19N5O. The van der Waals surface area contributed by atoms with Crippen LogP contribution in [0.3, 0.4) is 0 Å². The van der Waals surface area contributed by atoms with Gasteiger partial charge in [-0.1, -0.05) is 0 Å². The maximum Gasteiger partial charge on any atom is 0.224 e. The van der Waals surface area contributed by atoms with Crippen molar-refractivity contribution < 1.29 is 4.74 Å². The van der Waals surface area contributed by atoms with Crippen LogP contribution in [-0.2, 0) is 7.05 Å². The van der Waals surface area contributed by atoms with Gasteiger partial charge in [-0.15, -0.1) is 5.10 Å². The van der Waals surface area contributed by atoms with Gasteiger partial charge in [0.25, 0.3) is 0 Å².